The van der Waals surface area contributed by atoms with Gasteiger partial charge in [-0.05, 0) is 12.8 Å². The topological polar surface area (TPSA) is 67.2 Å². The van der Waals surface area contributed by atoms with E-state index in [1.165, 1.54) is 0 Å². The molecule has 0 aromatic carbocycles. The highest BCUT2D eigenvalue weighted by molar-refractivity contribution is 5.75. The average Bonchev–Trinajstić information content (AvgIpc) is 2.90. The normalized spacial score (nSPS) is 15.8. The van der Waals surface area contributed by atoms with E-state index in [9.17, 15) is 9.90 Å². The average molecular weight is 295 g/mol. The predicted molar refractivity (Wildman–Crippen MR) is 84.0 cm³/mol. The quantitative estimate of drug-likeness (QED) is 0.773. The summed E-state index contributed by atoms with van der Waals surface area (Å²) in [5.41, 5.74) is -0.859. The van der Waals surface area contributed by atoms with Crippen molar-refractivity contribution in [2.24, 2.45) is 5.92 Å². The molecular weight excluding hydrogens is 266 g/mol. The van der Waals surface area contributed by atoms with E-state index in [4.69, 9.17) is 0 Å². The Morgan fingerprint density at radius 1 is 1.48 bits per heavy atom. The molecule has 0 saturated heterocycles. The van der Waals surface area contributed by atoms with E-state index in [0.29, 0.717) is 25.4 Å². The van der Waals surface area contributed by atoms with Crippen LogP contribution >= 0.6 is 0 Å². The molecule has 0 saturated carbocycles. The molecular formula is C16H29N3O2. The standard InChI is InChI=1S/C16H29N3O2/c1-6-13(4)16(5,21)11-18-14(20)7-9-19-10-8-17-15(19)12(2)3/h8,10,12-13,21H,6-7,9,11H2,1-5H3,(H,18,20). The Morgan fingerprint density at radius 3 is 2.71 bits per heavy atom. The first-order valence-electron chi connectivity index (χ1n) is 7.78. The zero-order chi connectivity index (χ0) is 16.0. The minimum atomic E-state index is -0.859. The van der Waals surface area contributed by atoms with Crippen LogP contribution in [-0.4, -0.2) is 32.7 Å². The lowest BCUT2D eigenvalue weighted by molar-refractivity contribution is -0.123. The molecule has 1 aromatic heterocycles. The molecule has 0 radical (unpaired) electrons. The lowest BCUT2D eigenvalue weighted by Gasteiger charge is -2.29. The van der Waals surface area contributed by atoms with Crippen molar-refractivity contribution in [2.75, 3.05) is 6.54 Å². The number of nitrogens with zero attached hydrogens (tertiary/aromatic N) is 2. The zero-order valence-electron chi connectivity index (χ0n) is 13.9. The summed E-state index contributed by atoms with van der Waals surface area (Å²) >= 11 is 0. The fraction of sp³-hybridized carbons (Fsp3) is 0.750. The van der Waals surface area contributed by atoms with Crippen molar-refractivity contribution in [3.63, 3.8) is 0 Å². The highest BCUT2D eigenvalue weighted by atomic mass is 16.3. The highest BCUT2D eigenvalue weighted by Gasteiger charge is 2.27. The molecule has 0 aliphatic rings. The molecule has 5 nitrogen and oxygen atoms in total. The summed E-state index contributed by atoms with van der Waals surface area (Å²) < 4.78 is 2.01. The molecule has 0 spiro atoms. The Balaban J connectivity index is 2.43. The highest BCUT2D eigenvalue weighted by Crippen LogP contribution is 2.18. The molecule has 5 heteroatoms. The Bertz CT molecular complexity index is 452. The van der Waals surface area contributed by atoms with E-state index in [-0.39, 0.29) is 11.8 Å². The molecule has 0 aliphatic heterocycles. The molecule has 120 valence electrons. The van der Waals surface area contributed by atoms with Gasteiger partial charge in [-0.15, -0.1) is 0 Å². The van der Waals surface area contributed by atoms with E-state index < -0.39 is 5.60 Å². The Labute approximate surface area is 127 Å². The number of carbonyl (C=O) groups is 1. The van der Waals surface area contributed by atoms with Crippen molar-refractivity contribution in [1.29, 1.82) is 0 Å². The van der Waals surface area contributed by atoms with Gasteiger partial charge in [-0.1, -0.05) is 34.1 Å². The third-order valence-corrected chi connectivity index (χ3v) is 4.16. The number of amides is 1. The molecule has 2 unspecified atom stereocenters. The Kier molecular flexibility index (Phi) is 6.40. The molecule has 0 aliphatic carbocycles. The maximum Gasteiger partial charge on any atom is 0.221 e. The third kappa shape index (κ3) is 5.16. The van der Waals surface area contributed by atoms with Gasteiger partial charge in [0.25, 0.3) is 0 Å². The van der Waals surface area contributed by atoms with Crippen LogP contribution in [0.4, 0.5) is 0 Å². The van der Waals surface area contributed by atoms with E-state index in [0.717, 1.165) is 12.2 Å². The molecule has 21 heavy (non-hydrogen) atoms. The van der Waals surface area contributed by atoms with Crippen LogP contribution in [0, 0.1) is 5.92 Å². The minimum absolute atomic E-state index is 0.0398. The zero-order valence-corrected chi connectivity index (χ0v) is 13.9. The first kappa shape index (κ1) is 17.7. The number of aliphatic hydroxyl groups is 1. The third-order valence-electron chi connectivity index (χ3n) is 4.16. The summed E-state index contributed by atoms with van der Waals surface area (Å²) in [6.45, 7) is 10.9. The monoisotopic (exact) mass is 295 g/mol. The Hall–Kier alpha value is -1.36. The SMILES string of the molecule is CCC(C)C(C)(O)CNC(=O)CCn1ccnc1C(C)C. The van der Waals surface area contributed by atoms with Crippen LogP contribution in [0.5, 0.6) is 0 Å². The van der Waals surface area contributed by atoms with Gasteiger partial charge in [0.15, 0.2) is 0 Å². The van der Waals surface area contributed by atoms with Crippen LogP contribution in [0.2, 0.25) is 0 Å². The van der Waals surface area contributed by atoms with Gasteiger partial charge >= 0.3 is 0 Å². The summed E-state index contributed by atoms with van der Waals surface area (Å²) in [6.07, 6.45) is 4.95. The number of aryl methyl sites for hydroxylation is 1. The van der Waals surface area contributed by atoms with Crippen molar-refractivity contribution in [1.82, 2.24) is 14.9 Å². The number of nitrogens with one attached hydrogen (secondary N) is 1. The molecule has 1 amide bonds. The van der Waals surface area contributed by atoms with Crippen LogP contribution in [-0.2, 0) is 11.3 Å². The largest absolute Gasteiger partial charge is 0.388 e. The summed E-state index contributed by atoms with van der Waals surface area (Å²) in [5.74, 6) is 1.45. The van der Waals surface area contributed by atoms with E-state index in [2.05, 4.69) is 24.1 Å². The lowest BCUT2D eigenvalue weighted by atomic mass is 9.88. The van der Waals surface area contributed by atoms with Crippen LogP contribution < -0.4 is 5.32 Å². The molecule has 0 bridgehead atoms. The first-order valence-corrected chi connectivity index (χ1v) is 7.78. The van der Waals surface area contributed by atoms with E-state index in [1.807, 2.05) is 24.6 Å². The van der Waals surface area contributed by atoms with Crippen LogP contribution in [0.25, 0.3) is 0 Å². The second-order valence-electron chi connectivity index (χ2n) is 6.33. The maximum absolute atomic E-state index is 11.9. The van der Waals surface area contributed by atoms with Gasteiger partial charge in [0.05, 0.1) is 5.60 Å². The van der Waals surface area contributed by atoms with Crippen molar-refractivity contribution < 1.29 is 9.90 Å². The van der Waals surface area contributed by atoms with E-state index in [1.54, 1.807) is 13.1 Å². The predicted octanol–water partition coefficient (Wildman–Crippen LogP) is 2.31. The first-order chi connectivity index (χ1) is 9.77. The van der Waals surface area contributed by atoms with E-state index >= 15 is 0 Å². The van der Waals surface area contributed by atoms with Gasteiger partial charge in [0, 0.05) is 37.8 Å². The van der Waals surface area contributed by atoms with Gasteiger partial charge in [0.2, 0.25) is 5.91 Å². The summed E-state index contributed by atoms with van der Waals surface area (Å²) in [5, 5.41) is 13.1. The van der Waals surface area contributed by atoms with Gasteiger partial charge in [0.1, 0.15) is 5.82 Å². The van der Waals surface area contributed by atoms with Crippen molar-refractivity contribution in [3.05, 3.63) is 18.2 Å². The fourth-order valence-electron chi connectivity index (χ4n) is 2.21. The summed E-state index contributed by atoms with van der Waals surface area (Å²) in [4.78, 5) is 16.2. The molecule has 1 heterocycles. The minimum Gasteiger partial charge on any atom is -0.388 e. The second kappa shape index (κ2) is 7.59. The van der Waals surface area contributed by atoms with Crippen LogP contribution in [0.15, 0.2) is 12.4 Å². The second-order valence-corrected chi connectivity index (χ2v) is 6.33. The number of carbonyl (C=O) groups excluding carboxylic acids is 1. The molecule has 0 fully saturated rings. The molecule has 2 atom stereocenters. The number of aromatic nitrogens is 2. The van der Waals surface area contributed by atoms with Crippen molar-refractivity contribution in [3.8, 4) is 0 Å². The number of hydrogen-bond donors (Lipinski definition) is 2. The van der Waals surface area contributed by atoms with Crippen LogP contribution in [0.1, 0.15) is 59.2 Å². The van der Waals surface area contributed by atoms with Crippen LogP contribution in [0.3, 0.4) is 0 Å². The molecule has 1 aromatic rings. The fourth-order valence-corrected chi connectivity index (χ4v) is 2.21. The maximum atomic E-state index is 11.9. The summed E-state index contributed by atoms with van der Waals surface area (Å²) in [6, 6.07) is 0. The van der Waals surface area contributed by atoms with Gasteiger partial charge in [-0.2, -0.15) is 0 Å². The molecule has 1 rings (SSSR count). The molecule has 2 N–H and O–H groups in total. The van der Waals surface area contributed by atoms with Crippen molar-refractivity contribution >= 4 is 5.91 Å². The van der Waals surface area contributed by atoms with Crippen molar-refractivity contribution in [2.45, 2.75) is 65.5 Å². The lowest BCUT2D eigenvalue weighted by Crippen LogP contribution is -2.45. The number of hydrogen-bond acceptors (Lipinski definition) is 3. The summed E-state index contributed by atoms with van der Waals surface area (Å²) in [7, 11) is 0. The van der Waals surface area contributed by atoms with Gasteiger partial charge in [-0.3, -0.25) is 4.79 Å². The Morgan fingerprint density at radius 2 is 2.14 bits per heavy atom. The smallest absolute Gasteiger partial charge is 0.221 e. The van der Waals surface area contributed by atoms with Gasteiger partial charge in [-0.25, -0.2) is 4.98 Å². The van der Waals surface area contributed by atoms with Gasteiger partial charge < -0.3 is 15.0 Å². The number of rotatable bonds is 8. The number of imidazole rings is 1.